The van der Waals surface area contributed by atoms with Crippen molar-refractivity contribution in [1.29, 1.82) is 0 Å². The fraction of sp³-hybridized carbons (Fsp3) is 0.636. The summed E-state index contributed by atoms with van der Waals surface area (Å²) in [6, 6.07) is -2.04. The minimum atomic E-state index is -1.31. The standard InChI is InChI=1S/C11H19N3O6/c1-2-12-8(15)5-6-13-11(20)14-7(10(18)19)3-4-9(16)17/h7H,2-6H2,1H3,(H,12,15)(H,16,17)(H,18,19)(H2,13,14,20). The van der Waals surface area contributed by atoms with Crippen molar-refractivity contribution < 1.29 is 29.4 Å². The maximum Gasteiger partial charge on any atom is 0.326 e. The summed E-state index contributed by atoms with van der Waals surface area (Å²) in [5.41, 5.74) is 0. The average Bonchev–Trinajstić information content (AvgIpc) is 2.34. The van der Waals surface area contributed by atoms with Crippen LogP contribution < -0.4 is 16.0 Å². The molecular weight excluding hydrogens is 270 g/mol. The number of carbonyl (C=O) groups excluding carboxylic acids is 2. The highest BCUT2D eigenvalue weighted by molar-refractivity contribution is 5.83. The Bertz CT molecular complexity index is 371. The van der Waals surface area contributed by atoms with Gasteiger partial charge in [0.05, 0.1) is 0 Å². The number of rotatable bonds is 9. The van der Waals surface area contributed by atoms with Crippen molar-refractivity contribution in [3.05, 3.63) is 0 Å². The number of carbonyl (C=O) groups is 4. The smallest absolute Gasteiger partial charge is 0.326 e. The van der Waals surface area contributed by atoms with Crippen LogP contribution in [0.4, 0.5) is 4.79 Å². The maximum atomic E-state index is 11.4. The van der Waals surface area contributed by atoms with Crippen molar-refractivity contribution in [2.75, 3.05) is 13.1 Å². The van der Waals surface area contributed by atoms with Gasteiger partial charge in [-0.2, -0.15) is 0 Å². The Morgan fingerprint density at radius 1 is 1.05 bits per heavy atom. The fourth-order valence-electron chi connectivity index (χ4n) is 1.31. The quantitative estimate of drug-likeness (QED) is 0.373. The first-order valence-corrected chi connectivity index (χ1v) is 6.12. The Morgan fingerprint density at radius 3 is 2.20 bits per heavy atom. The number of carboxylic acid groups (broad SMARTS) is 2. The van der Waals surface area contributed by atoms with E-state index in [1.54, 1.807) is 6.92 Å². The second-order valence-electron chi connectivity index (χ2n) is 3.93. The molecule has 0 aromatic rings. The summed E-state index contributed by atoms with van der Waals surface area (Å²) in [5, 5.41) is 24.3. The Hall–Kier alpha value is -2.32. The molecule has 114 valence electrons. The van der Waals surface area contributed by atoms with E-state index in [-0.39, 0.29) is 31.7 Å². The number of nitrogens with one attached hydrogen (secondary N) is 3. The number of urea groups is 1. The van der Waals surface area contributed by atoms with E-state index >= 15 is 0 Å². The third-order valence-electron chi connectivity index (χ3n) is 2.26. The molecule has 1 atom stereocenters. The monoisotopic (exact) mass is 289 g/mol. The predicted octanol–water partition coefficient (Wildman–Crippen LogP) is -0.870. The zero-order valence-electron chi connectivity index (χ0n) is 11.1. The van der Waals surface area contributed by atoms with E-state index in [0.717, 1.165) is 0 Å². The van der Waals surface area contributed by atoms with Crippen molar-refractivity contribution in [3.63, 3.8) is 0 Å². The first kappa shape index (κ1) is 17.7. The van der Waals surface area contributed by atoms with Gasteiger partial charge in [0.2, 0.25) is 5.91 Å². The van der Waals surface area contributed by atoms with Crippen molar-refractivity contribution in [2.45, 2.75) is 32.2 Å². The number of hydrogen-bond donors (Lipinski definition) is 5. The van der Waals surface area contributed by atoms with Crippen LogP contribution in [0.25, 0.3) is 0 Å². The molecule has 0 saturated carbocycles. The molecular formula is C11H19N3O6. The van der Waals surface area contributed by atoms with E-state index in [2.05, 4.69) is 16.0 Å². The van der Waals surface area contributed by atoms with Crippen LogP contribution in [-0.2, 0) is 14.4 Å². The predicted molar refractivity (Wildman–Crippen MR) is 68.1 cm³/mol. The lowest BCUT2D eigenvalue weighted by atomic mass is 10.1. The van der Waals surface area contributed by atoms with E-state index in [1.807, 2.05) is 0 Å². The van der Waals surface area contributed by atoms with Crippen LogP contribution in [0.1, 0.15) is 26.2 Å². The lowest BCUT2D eigenvalue weighted by Gasteiger charge is -2.14. The molecule has 0 aromatic heterocycles. The molecule has 9 nitrogen and oxygen atoms in total. The molecule has 0 aliphatic heterocycles. The minimum Gasteiger partial charge on any atom is -0.481 e. The van der Waals surface area contributed by atoms with E-state index in [4.69, 9.17) is 10.2 Å². The van der Waals surface area contributed by atoms with Gasteiger partial charge in [-0.3, -0.25) is 9.59 Å². The molecule has 0 saturated heterocycles. The zero-order chi connectivity index (χ0) is 15.5. The lowest BCUT2D eigenvalue weighted by molar-refractivity contribution is -0.140. The summed E-state index contributed by atoms with van der Waals surface area (Å²) < 4.78 is 0. The molecule has 20 heavy (non-hydrogen) atoms. The van der Waals surface area contributed by atoms with Crippen LogP contribution in [0.3, 0.4) is 0 Å². The van der Waals surface area contributed by atoms with Crippen molar-refractivity contribution >= 4 is 23.9 Å². The molecule has 0 rings (SSSR count). The Kier molecular flexibility index (Phi) is 8.48. The van der Waals surface area contributed by atoms with Gasteiger partial charge in [-0.05, 0) is 13.3 Å². The van der Waals surface area contributed by atoms with Gasteiger partial charge in [-0.1, -0.05) is 0 Å². The molecule has 0 radical (unpaired) electrons. The number of carboxylic acids is 2. The fourth-order valence-corrected chi connectivity index (χ4v) is 1.31. The molecule has 3 amide bonds. The van der Waals surface area contributed by atoms with Crippen LogP contribution in [0.2, 0.25) is 0 Å². The molecule has 5 N–H and O–H groups in total. The summed E-state index contributed by atoms with van der Waals surface area (Å²) in [4.78, 5) is 43.6. The minimum absolute atomic E-state index is 0.0585. The second-order valence-corrected chi connectivity index (χ2v) is 3.93. The van der Waals surface area contributed by atoms with Gasteiger partial charge in [0.1, 0.15) is 6.04 Å². The van der Waals surface area contributed by atoms with Crippen molar-refractivity contribution in [3.8, 4) is 0 Å². The highest BCUT2D eigenvalue weighted by atomic mass is 16.4. The van der Waals surface area contributed by atoms with E-state index < -0.39 is 24.0 Å². The van der Waals surface area contributed by atoms with Crippen molar-refractivity contribution in [1.82, 2.24) is 16.0 Å². The van der Waals surface area contributed by atoms with Crippen LogP contribution in [0, 0.1) is 0 Å². The van der Waals surface area contributed by atoms with Crippen LogP contribution in [-0.4, -0.2) is 53.2 Å². The summed E-state index contributed by atoms with van der Waals surface area (Å²) >= 11 is 0. The molecule has 0 spiro atoms. The van der Waals surface area contributed by atoms with E-state index in [9.17, 15) is 19.2 Å². The molecule has 0 heterocycles. The van der Waals surface area contributed by atoms with E-state index in [0.29, 0.717) is 6.54 Å². The highest BCUT2D eigenvalue weighted by Gasteiger charge is 2.20. The number of hydrogen-bond acceptors (Lipinski definition) is 4. The van der Waals surface area contributed by atoms with Gasteiger partial charge in [0.15, 0.2) is 0 Å². The lowest BCUT2D eigenvalue weighted by Crippen LogP contribution is -2.46. The SMILES string of the molecule is CCNC(=O)CCNC(=O)NC(CCC(=O)O)C(=O)O. The third kappa shape index (κ3) is 8.72. The summed E-state index contributed by atoms with van der Waals surface area (Å²) in [6.07, 6.45) is -0.501. The summed E-state index contributed by atoms with van der Waals surface area (Å²) in [6.45, 7) is 2.31. The van der Waals surface area contributed by atoms with Gasteiger partial charge >= 0.3 is 18.0 Å². The Labute approximate surface area is 115 Å². The van der Waals surface area contributed by atoms with Gasteiger partial charge in [0, 0.05) is 25.9 Å². The molecule has 0 aliphatic rings. The first-order valence-electron chi connectivity index (χ1n) is 6.12. The molecule has 0 aliphatic carbocycles. The number of amides is 3. The van der Waals surface area contributed by atoms with Gasteiger partial charge in [0.25, 0.3) is 0 Å². The Balaban J connectivity index is 4.04. The molecule has 9 heteroatoms. The first-order chi connectivity index (χ1) is 9.36. The molecule has 0 bridgehead atoms. The van der Waals surface area contributed by atoms with E-state index in [1.165, 1.54) is 0 Å². The summed E-state index contributed by atoms with van der Waals surface area (Å²) in [7, 11) is 0. The summed E-state index contributed by atoms with van der Waals surface area (Å²) in [5.74, 6) is -2.69. The second kappa shape index (κ2) is 9.59. The van der Waals surface area contributed by atoms with Crippen LogP contribution >= 0.6 is 0 Å². The van der Waals surface area contributed by atoms with Crippen molar-refractivity contribution in [2.24, 2.45) is 0 Å². The third-order valence-corrected chi connectivity index (χ3v) is 2.26. The molecule has 1 unspecified atom stereocenters. The topological polar surface area (TPSA) is 145 Å². The van der Waals surface area contributed by atoms with Gasteiger partial charge < -0.3 is 26.2 Å². The largest absolute Gasteiger partial charge is 0.481 e. The molecule has 0 fully saturated rings. The van der Waals surface area contributed by atoms with Gasteiger partial charge in [-0.15, -0.1) is 0 Å². The molecule has 0 aromatic carbocycles. The number of aliphatic carboxylic acids is 2. The zero-order valence-corrected chi connectivity index (χ0v) is 11.1. The maximum absolute atomic E-state index is 11.4. The van der Waals surface area contributed by atoms with Crippen LogP contribution in [0.15, 0.2) is 0 Å². The highest BCUT2D eigenvalue weighted by Crippen LogP contribution is 1.97. The van der Waals surface area contributed by atoms with Gasteiger partial charge in [-0.25, -0.2) is 9.59 Å². The van der Waals surface area contributed by atoms with Crippen LogP contribution in [0.5, 0.6) is 0 Å². The Morgan fingerprint density at radius 2 is 1.70 bits per heavy atom. The normalized spacial score (nSPS) is 11.2. The average molecular weight is 289 g/mol.